The standard InChI is InChI=1S/C23H18BrN3O6/c24-15-11-9-14(10-12-15)20(28)13-25(21(29)18-7-3-4-8-19(18)27(32)33)26-22(30)16-5-1-2-6-17(16)23(26)31/h1-4,7-12,16-17H,5-6,13H2/t16-,17-/m0/s1. The summed E-state index contributed by atoms with van der Waals surface area (Å²) in [4.78, 5) is 63.5. The minimum absolute atomic E-state index is 0.261. The molecule has 168 valence electrons. The predicted molar refractivity (Wildman–Crippen MR) is 120 cm³/mol. The number of nitrogens with zero attached hydrogens (tertiary/aromatic N) is 3. The van der Waals surface area contributed by atoms with E-state index in [0.717, 1.165) is 15.5 Å². The van der Waals surface area contributed by atoms with Crippen LogP contribution in [-0.2, 0) is 9.59 Å². The number of Topliss-reactive ketones (excluding diaryl/α,β-unsaturated/α-hetero) is 1. The lowest BCUT2D eigenvalue weighted by Gasteiger charge is -2.30. The predicted octanol–water partition coefficient (Wildman–Crippen LogP) is 3.55. The summed E-state index contributed by atoms with van der Waals surface area (Å²) in [6.45, 7) is -0.628. The first-order chi connectivity index (χ1) is 15.8. The molecule has 1 heterocycles. The van der Waals surface area contributed by atoms with Crippen LogP contribution in [0, 0.1) is 22.0 Å². The molecule has 10 heteroatoms. The number of hydrogen-bond donors (Lipinski definition) is 0. The van der Waals surface area contributed by atoms with E-state index in [1.54, 1.807) is 24.3 Å². The number of nitro benzene ring substituents is 1. The fourth-order valence-electron chi connectivity index (χ4n) is 4.07. The fourth-order valence-corrected chi connectivity index (χ4v) is 4.33. The van der Waals surface area contributed by atoms with Gasteiger partial charge in [-0.05, 0) is 31.0 Å². The number of nitro groups is 1. The molecule has 0 spiro atoms. The van der Waals surface area contributed by atoms with Crippen LogP contribution < -0.4 is 0 Å². The molecule has 1 aliphatic heterocycles. The lowest BCUT2D eigenvalue weighted by Crippen LogP contribution is -2.52. The van der Waals surface area contributed by atoms with E-state index < -0.39 is 52.5 Å². The van der Waals surface area contributed by atoms with Gasteiger partial charge in [0.1, 0.15) is 12.1 Å². The number of allylic oxidation sites excluding steroid dienone is 2. The van der Waals surface area contributed by atoms with Crippen LogP contribution >= 0.6 is 15.9 Å². The zero-order valence-electron chi connectivity index (χ0n) is 17.2. The van der Waals surface area contributed by atoms with E-state index in [1.807, 2.05) is 0 Å². The van der Waals surface area contributed by atoms with Gasteiger partial charge in [-0.25, -0.2) is 5.01 Å². The van der Waals surface area contributed by atoms with Gasteiger partial charge in [-0.2, -0.15) is 5.01 Å². The number of halogens is 1. The molecule has 0 unspecified atom stereocenters. The molecule has 33 heavy (non-hydrogen) atoms. The summed E-state index contributed by atoms with van der Waals surface area (Å²) in [5, 5.41) is 12.9. The molecular weight excluding hydrogens is 494 g/mol. The maximum atomic E-state index is 13.5. The third-order valence-electron chi connectivity index (χ3n) is 5.75. The van der Waals surface area contributed by atoms with Crippen LogP contribution in [0.3, 0.4) is 0 Å². The first kappa shape index (κ1) is 22.5. The number of fused-ring (bicyclic) bond motifs is 1. The van der Waals surface area contributed by atoms with E-state index in [4.69, 9.17) is 0 Å². The van der Waals surface area contributed by atoms with Crippen molar-refractivity contribution in [1.82, 2.24) is 10.0 Å². The van der Waals surface area contributed by atoms with E-state index in [9.17, 15) is 29.3 Å². The first-order valence-electron chi connectivity index (χ1n) is 10.2. The summed E-state index contributed by atoms with van der Waals surface area (Å²) < 4.78 is 0.744. The normalized spacial score (nSPS) is 19.4. The molecule has 1 saturated heterocycles. The second kappa shape index (κ2) is 9.07. The highest BCUT2D eigenvalue weighted by Gasteiger charge is 2.51. The van der Waals surface area contributed by atoms with Crippen molar-refractivity contribution < 1.29 is 24.1 Å². The topological polar surface area (TPSA) is 118 Å². The lowest BCUT2D eigenvalue weighted by molar-refractivity contribution is -0.385. The highest BCUT2D eigenvalue weighted by atomic mass is 79.9. The Morgan fingerprint density at radius 3 is 2.15 bits per heavy atom. The number of benzene rings is 2. The number of hydrogen-bond acceptors (Lipinski definition) is 6. The minimum Gasteiger partial charge on any atom is -0.292 e. The maximum absolute atomic E-state index is 13.5. The molecule has 0 radical (unpaired) electrons. The number of amides is 3. The summed E-state index contributed by atoms with van der Waals surface area (Å²) >= 11 is 3.28. The molecule has 4 rings (SSSR count). The summed E-state index contributed by atoms with van der Waals surface area (Å²) in [5.74, 6) is -3.95. The number of rotatable bonds is 6. The lowest BCUT2D eigenvalue weighted by atomic mass is 9.85. The van der Waals surface area contributed by atoms with Gasteiger partial charge < -0.3 is 0 Å². The zero-order valence-corrected chi connectivity index (χ0v) is 18.8. The van der Waals surface area contributed by atoms with Crippen molar-refractivity contribution in [2.75, 3.05) is 6.54 Å². The van der Waals surface area contributed by atoms with Crippen LogP contribution in [0.1, 0.15) is 33.6 Å². The third kappa shape index (κ3) is 4.21. The van der Waals surface area contributed by atoms with Crippen LogP contribution in [0.4, 0.5) is 5.69 Å². The maximum Gasteiger partial charge on any atom is 0.282 e. The molecule has 2 aliphatic rings. The Morgan fingerprint density at radius 2 is 1.58 bits per heavy atom. The molecule has 0 bridgehead atoms. The van der Waals surface area contributed by atoms with Crippen molar-refractivity contribution in [3.05, 3.63) is 86.4 Å². The average Bonchev–Trinajstić information content (AvgIpc) is 3.07. The second-order valence-corrected chi connectivity index (χ2v) is 8.63. The first-order valence-corrected chi connectivity index (χ1v) is 11.0. The number of hydrazine groups is 1. The molecule has 9 nitrogen and oxygen atoms in total. The van der Waals surface area contributed by atoms with Crippen LogP contribution in [0.5, 0.6) is 0 Å². The van der Waals surface area contributed by atoms with Gasteiger partial charge in [0, 0.05) is 16.1 Å². The largest absolute Gasteiger partial charge is 0.292 e. The highest BCUT2D eigenvalue weighted by molar-refractivity contribution is 9.10. The van der Waals surface area contributed by atoms with Gasteiger partial charge in [0.05, 0.1) is 16.8 Å². The summed E-state index contributed by atoms with van der Waals surface area (Å²) in [6.07, 6.45) is 4.30. The smallest absolute Gasteiger partial charge is 0.282 e. The van der Waals surface area contributed by atoms with Crippen molar-refractivity contribution >= 4 is 45.1 Å². The number of ketones is 1. The van der Waals surface area contributed by atoms with Crippen LogP contribution in [0.15, 0.2) is 65.2 Å². The molecule has 0 saturated carbocycles. The number of para-hydroxylation sites is 1. The number of carbonyl (C=O) groups excluding carboxylic acids is 4. The van der Waals surface area contributed by atoms with E-state index >= 15 is 0 Å². The van der Waals surface area contributed by atoms with E-state index in [0.29, 0.717) is 17.9 Å². The summed E-state index contributed by atoms with van der Waals surface area (Å²) in [5.41, 5.74) is -0.543. The Hall–Kier alpha value is -3.66. The van der Waals surface area contributed by atoms with Crippen LogP contribution in [0.2, 0.25) is 0 Å². The Labute approximate surface area is 196 Å². The van der Waals surface area contributed by atoms with Gasteiger partial charge in [0.15, 0.2) is 5.78 Å². The Balaban J connectivity index is 1.74. The molecule has 1 fully saturated rings. The van der Waals surface area contributed by atoms with Crippen molar-refractivity contribution in [2.24, 2.45) is 11.8 Å². The Kier molecular flexibility index (Phi) is 6.19. The van der Waals surface area contributed by atoms with Gasteiger partial charge >= 0.3 is 0 Å². The molecule has 0 aromatic heterocycles. The zero-order chi connectivity index (χ0) is 23.7. The number of imide groups is 1. The fraction of sp³-hybridized carbons (Fsp3) is 0.217. The summed E-state index contributed by atoms with van der Waals surface area (Å²) in [7, 11) is 0. The van der Waals surface area contributed by atoms with Gasteiger partial charge in [0.2, 0.25) is 0 Å². The van der Waals surface area contributed by atoms with Crippen molar-refractivity contribution in [2.45, 2.75) is 12.8 Å². The van der Waals surface area contributed by atoms with Crippen molar-refractivity contribution in [3.8, 4) is 0 Å². The molecule has 0 N–H and O–H groups in total. The molecule has 1 aliphatic carbocycles. The Morgan fingerprint density at radius 1 is 1.00 bits per heavy atom. The quantitative estimate of drug-likeness (QED) is 0.192. The van der Waals surface area contributed by atoms with Gasteiger partial charge in [-0.1, -0.05) is 52.3 Å². The molecular formula is C23H18BrN3O6. The van der Waals surface area contributed by atoms with Crippen molar-refractivity contribution in [3.63, 3.8) is 0 Å². The van der Waals surface area contributed by atoms with Crippen LogP contribution in [0.25, 0.3) is 0 Å². The molecule has 3 amide bonds. The van der Waals surface area contributed by atoms with Crippen molar-refractivity contribution in [1.29, 1.82) is 0 Å². The second-order valence-electron chi connectivity index (χ2n) is 7.71. The average molecular weight is 512 g/mol. The monoisotopic (exact) mass is 511 g/mol. The van der Waals surface area contributed by atoms with Gasteiger partial charge in [-0.3, -0.25) is 29.3 Å². The number of carbonyl (C=O) groups is 4. The molecule has 2 aromatic carbocycles. The van der Waals surface area contributed by atoms with Gasteiger partial charge in [0.25, 0.3) is 23.4 Å². The molecule has 2 atom stereocenters. The summed E-state index contributed by atoms with van der Waals surface area (Å²) in [6, 6.07) is 11.6. The van der Waals surface area contributed by atoms with Crippen LogP contribution in [-0.4, -0.2) is 45.0 Å². The van der Waals surface area contributed by atoms with E-state index in [1.165, 1.54) is 30.3 Å². The van der Waals surface area contributed by atoms with E-state index in [2.05, 4.69) is 15.9 Å². The SMILES string of the molecule is O=C(CN(C(=O)c1ccccc1[N+](=O)[O-])N1C(=O)[C@H]2CC=CC[C@@H]2C1=O)c1ccc(Br)cc1. The minimum atomic E-state index is -0.971. The Bertz CT molecular complexity index is 1170. The highest BCUT2D eigenvalue weighted by Crippen LogP contribution is 2.36. The van der Waals surface area contributed by atoms with Gasteiger partial charge in [-0.15, -0.1) is 0 Å². The van der Waals surface area contributed by atoms with E-state index in [-0.39, 0.29) is 11.1 Å². The third-order valence-corrected chi connectivity index (χ3v) is 6.28. The molecule has 2 aromatic rings.